The van der Waals surface area contributed by atoms with E-state index in [1.54, 1.807) is 29.4 Å². The smallest absolute Gasteiger partial charge is 0.254 e. The summed E-state index contributed by atoms with van der Waals surface area (Å²) in [5.74, 6) is -0.122. The highest BCUT2D eigenvalue weighted by molar-refractivity contribution is 5.96. The van der Waals surface area contributed by atoms with E-state index in [4.69, 9.17) is 0 Å². The fourth-order valence-electron chi connectivity index (χ4n) is 2.92. The van der Waals surface area contributed by atoms with Crippen LogP contribution < -0.4 is 10.2 Å². The number of hydrogen-bond donors (Lipinski definition) is 1. The maximum atomic E-state index is 12.4. The summed E-state index contributed by atoms with van der Waals surface area (Å²) in [4.78, 5) is 32.5. The van der Waals surface area contributed by atoms with Crippen molar-refractivity contribution in [2.24, 2.45) is 0 Å². The van der Waals surface area contributed by atoms with Crippen molar-refractivity contribution in [1.82, 2.24) is 15.2 Å². The molecule has 0 bridgehead atoms. The van der Waals surface area contributed by atoms with Crippen molar-refractivity contribution < 1.29 is 9.59 Å². The van der Waals surface area contributed by atoms with Gasteiger partial charge < -0.3 is 15.1 Å². The Kier molecular flexibility index (Phi) is 4.97. The van der Waals surface area contributed by atoms with Crippen molar-refractivity contribution in [3.63, 3.8) is 0 Å². The SMILES string of the molecule is CN(C)c1ccc(C(=O)NC2CCN(C(=O)c3ccncc3)C2)cc1. The molecule has 1 aromatic carbocycles. The summed E-state index contributed by atoms with van der Waals surface area (Å²) >= 11 is 0. The van der Waals surface area contributed by atoms with Crippen LogP contribution in [-0.4, -0.2) is 54.9 Å². The molecule has 2 aromatic rings. The van der Waals surface area contributed by atoms with Gasteiger partial charge in [0, 0.05) is 62.4 Å². The number of nitrogens with zero attached hydrogens (tertiary/aromatic N) is 3. The maximum Gasteiger partial charge on any atom is 0.254 e. The van der Waals surface area contributed by atoms with E-state index in [1.165, 1.54) is 0 Å². The van der Waals surface area contributed by atoms with Crippen molar-refractivity contribution in [3.8, 4) is 0 Å². The summed E-state index contributed by atoms with van der Waals surface area (Å²) in [6, 6.07) is 10.9. The first-order valence-electron chi connectivity index (χ1n) is 8.32. The number of rotatable bonds is 4. The highest BCUT2D eigenvalue weighted by atomic mass is 16.2. The standard InChI is InChI=1S/C19H22N4O2/c1-22(2)17-5-3-14(4-6-17)18(24)21-16-9-12-23(13-16)19(25)15-7-10-20-11-8-15/h3-8,10-11,16H,9,12-13H2,1-2H3,(H,21,24). The Hall–Kier alpha value is -2.89. The van der Waals surface area contributed by atoms with Crippen LogP contribution in [0.25, 0.3) is 0 Å². The van der Waals surface area contributed by atoms with Crippen molar-refractivity contribution in [3.05, 3.63) is 59.9 Å². The average Bonchev–Trinajstić information content (AvgIpc) is 3.10. The van der Waals surface area contributed by atoms with Gasteiger partial charge in [0.25, 0.3) is 11.8 Å². The van der Waals surface area contributed by atoms with Gasteiger partial charge in [-0.3, -0.25) is 14.6 Å². The van der Waals surface area contributed by atoms with Crippen LogP contribution in [-0.2, 0) is 0 Å². The highest BCUT2D eigenvalue weighted by Gasteiger charge is 2.28. The third kappa shape index (κ3) is 3.96. The molecule has 1 aliphatic heterocycles. The Morgan fingerprint density at radius 1 is 1.08 bits per heavy atom. The normalized spacial score (nSPS) is 16.6. The molecule has 1 unspecified atom stereocenters. The molecular weight excluding hydrogens is 316 g/mol. The van der Waals surface area contributed by atoms with Crippen molar-refractivity contribution in [1.29, 1.82) is 0 Å². The second-order valence-corrected chi connectivity index (χ2v) is 6.39. The second-order valence-electron chi connectivity index (χ2n) is 6.39. The monoisotopic (exact) mass is 338 g/mol. The number of carbonyl (C=O) groups is 2. The van der Waals surface area contributed by atoms with Gasteiger partial charge >= 0.3 is 0 Å². The molecule has 2 heterocycles. The van der Waals surface area contributed by atoms with Crippen LogP contribution in [0, 0.1) is 0 Å². The molecule has 6 nitrogen and oxygen atoms in total. The van der Waals surface area contributed by atoms with Crippen molar-refractivity contribution in [2.75, 3.05) is 32.1 Å². The number of carbonyl (C=O) groups excluding carboxylic acids is 2. The van der Waals surface area contributed by atoms with Gasteiger partial charge in [-0.1, -0.05) is 0 Å². The molecule has 1 aliphatic rings. The summed E-state index contributed by atoms with van der Waals surface area (Å²) in [6.45, 7) is 1.17. The first-order chi connectivity index (χ1) is 12.0. The van der Waals surface area contributed by atoms with Crippen LogP contribution in [0.1, 0.15) is 27.1 Å². The van der Waals surface area contributed by atoms with Gasteiger partial charge in [0.1, 0.15) is 0 Å². The Labute approximate surface area is 147 Å². The molecule has 130 valence electrons. The number of anilines is 1. The van der Waals surface area contributed by atoms with Crippen LogP contribution in [0.2, 0.25) is 0 Å². The summed E-state index contributed by atoms with van der Waals surface area (Å²) in [7, 11) is 3.92. The number of hydrogen-bond acceptors (Lipinski definition) is 4. The van der Waals surface area contributed by atoms with Gasteiger partial charge in [-0.2, -0.15) is 0 Å². The Morgan fingerprint density at radius 2 is 1.76 bits per heavy atom. The number of pyridine rings is 1. The number of aromatic nitrogens is 1. The van der Waals surface area contributed by atoms with E-state index < -0.39 is 0 Å². The topological polar surface area (TPSA) is 65.5 Å². The summed E-state index contributed by atoms with van der Waals surface area (Å²) < 4.78 is 0. The predicted molar refractivity (Wildman–Crippen MR) is 96.8 cm³/mol. The van der Waals surface area contributed by atoms with Crippen LogP contribution in [0.4, 0.5) is 5.69 Å². The number of likely N-dealkylation sites (tertiary alicyclic amines) is 1. The third-order valence-electron chi connectivity index (χ3n) is 4.38. The summed E-state index contributed by atoms with van der Waals surface area (Å²) in [5, 5.41) is 3.02. The number of nitrogens with one attached hydrogen (secondary N) is 1. The minimum absolute atomic E-state index is 0.0190. The van der Waals surface area contributed by atoms with Gasteiger partial charge in [0.15, 0.2) is 0 Å². The number of amides is 2. The molecule has 25 heavy (non-hydrogen) atoms. The van der Waals surface area contributed by atoms with Gasteiger partial charge in [0.05, 0.1) is 0 Å². The third-order valence-corrected chi connectivity index (χ3v) is 4.38. The highest BCUT2D eigenvalue weighted by Crippen LogP contribution is 2.15. The average molecular weight is 338 g/mol. The lowest BCUT2D eigenvalue weighted by molar-refractivity contribution is 0.0783. The van der Waals surface area contributed by atoms with E-state index in [2.05, 4.69) is 10.3 Å². The molecule has 1 saturated heterocycles. The zero-order chi connectivity index (χ0) is 17.8. The minimum Gasteiger partial charge on any atom is -0.378 e. The van der Waals surface area contributed by atoms with E-state index in [-0.39, 0.29) is 17.9 Å². The van der Waals surface area contributed by atoms with Gasteiger partial charge in [-0.05, 0) is 42.8 Å². The van der Waals surface area contributed by atoms with Gasteiger partial charge in [0.2, 0.25) is 0 Å². The molecule has 0 spiro atoms. The fraction of sp³-hybridized carbons (Fsp3) is 0.316. The zero-order valence-electron chi connectivity index (χ0n) is 14.5. The minimum atomic E-state index is -0.103. The quantitative estimate of drug-likeness (QED) is 0.923. The molecule has 1 aromatic heterocycles. The van der Waals surface area contributed by atoms with E-state index in [0.29, 0.717) is 24.2 Å². The molecule has 6 heteroatoms. The molecule has 0 saturated carbocycles. The van der Waals surface area contributed by atoms with Crippen molar-refractivity contribution >= 4 is 17.5 Å². The fourth-order valence-corrected chi connectivity index (χ4v) is 2.92. The lowest BCUT2D eigenvalue weighted by atomic mass is 10.1. The molecule has 1 fully saturated rings. The second kappa shape index (κ2) is 7.34. The van der Waals surface area contributed by atoms with Crippen LogP contribution in [0.5, 0.6) is 0 Å². The van der Waals surface area contributed by atoms with Crippen LogP contribution in [0.3, 0.4) is 0 Å². The zero-order valence-corrected chi connectivity index (χ0v) is 14.5. The van der Waals surface area contributed by atoms with E-state index in [9.17, 15) is 9.59 Å². The number of benzene rings is 1. The molecule has 1 atom stereocenters. The lowest BCUT2D eigenvalue weighted by Gasteiger charge is -2.17. The van der Waals surface area contributed by atoms with E-state index >= 15 is 0 Å². The van der Waals surface area contributed by atoms with Gasteiger partial charge in [-0.15, -0.1) is 0 Å². The molecular formula is C19H22N4O2. The first-order valence-corrected chi connectivity index (χ1v) is 8.32. The van der Waals surface area contributed by atoms with E-state index in [1.807, 2.05) is 43.3 Å². The first kappa shape index (κ1) is 17.0. The molecule has 0 aliphatic carbocycles. The van der Waals surface area contributed by atoms with Gasteiger partial charge in [-0.25, -0.2) is 0 Å². The maximum absolute atomic E-state index is 12.4. The predicted octanol–water partition coefficient (Wildman–Crippen LogP) is 1.79. The van der Waals surface area contributed by atoms with Crippen molar-refractivity contribution in [2.45, 2.75) is 12.5 Å². The lowest BCUT2D eigenvalue weighted by Crippen LogP contribution is -2.38. The molecule has 3 rings (SSSR count). The summed E-state index contributed by atoms with van der Waals surface area (Å²) in [6.07, 6.45) is 3.98. The Bertz CT molecular complexity index is 744. The van der Waals surface area contributed by atoms with Crippen LogP contribution >= 0.6 is 0 Å². The Morgan fingerprint density at radius 3 is 2.40 bits per heavy atom. The largest absolute Gasteiger partial charge is 0.378 e. The Balaban J connectivity index is 1.57. The van der Waals surface area contributed by atoms with E-state index in [0.717, 1.165) is 12.1 Å². The molecule has 2 amide bonds. The molecule has 0 radical (unpaired) electrons. The summed E-state index contributed by atoms with van der Waals surface area (Å²) in [5.41, 5.74) is 2.30. The van der Waals surface area contributed by atoms with Crippen LogP contribution in [0.15, 0.2) is 48.8 Å². The molecule has 1 N–H and O–H groups in total.